The Morgan fingerprint density at radius 2 is 1.97 bits per heavy atom. The predicted octanol–water partition coefficient (Wildman–Crippen LogP) is 3.91. The Hall–Kier alpha value is -3.81. The number of nitrogens with one attached hydrogen (secondary N) is 1. The van der Waals surface area contributed by atoms with Crippen LogP contribution in [0.4, 0.5) is 5.69 Å². The Labute approximate surface area is 178 Å². The van der Waals surface area contributed by atoms with Crippen molar-refractivity contribution in [1.82, 2.24) is 19.7 Å². The summed E-state index contributed by atoms with van der Waals surface area (Å²) in [6, 6.07) is 12.8. The molecule has 4 aromatic rings. The third-order valence-corrected chi connectivity index (χ3v) is 5.04. The number of benzene rings is 2. The summed E-state index contributed by atoms with van der Waals surface area (Å²) in [6.45, 7) is 6.09. The van der Waals surface area contributed by atoms with Crippen LogP contribution < -0.4 is 10.9 Å². The van der Waals surface area contributed by atoms with E-state index in [1.165, 1.54) is 10.9 Å². The van der Waals surface area contributed by atoms with Crippen molar-refractivity contribution in [3.8, 4) is 11.5 Å². The number of para-hydroxylation sites is 2. The minimum Gasteiger partial charge on any atom is -0.334 e. The third-order valence-electron chi connectivity index (χ3n) is 5.04. The van der Waals surface area contributed by atoms with Gasteiger partial charge in [-0.05, 0) is 30.7 Å². The molecule has 4 rings (SSSR count). The van der Waals surface area contributed by atoms with Gasteiger partial charge in [-0.3, -0.25) is 14.2 Å². The normalized spacial score (nSPS) is 11.2. The summed E-state index contributed by atoms with van der Waals surface area (Å²) < 4.78 is 6.86. The molecule has 31 heavy (non-hydrogen) atoms. The molecule has 0 saturated heterocycles. The van der Waals surface area contributed by atoms with E-state index in [1.54, 1.807) is 18.2 Å². The van der Waals surface area contributed by atoms with Gasteiger partial charge >= 0.3 is 0 Å². The number of nitrogens with zero attached hydrogens (tertiary/aromatic N) is 4. The lowest BCUT2D eigenvalue weighted by Crippen LogP contribution is -2.24. The van der Waals surface area contributed by atoms with Crippen LogP contribution in [0.1, 0.15) is 37.6 Å². The van der Waals surface area contributed by atoms with Gasteiger partial charge in [0.15, 0.2) is 5.82 Å². The molecule has 158 valence electrons. The van der Waals surface area contributed by atoms with Crippen molar-refractivity contribution in [3.05, 3.63) is 70.5 Å². The predicted molar refractivity (Wildman–Crippen MR) is 118 cm³/mol. The maximum atomic E-state index is 12.7. The highest BCUT2D eigenvalue weighted by molar-refractivity contribution is 5.95. The first-order chi connectivity index (χ1) is 14.9. The fourth-order valence-electron chi connectivity index (χ4n) is 3.28. The van der Waals surface area contributed by atoms with Gasteiger partial charge in [0.25, 0.3) is 11.4 Å². The number of anilines is 1. The molecule has 0 atom stereocenters. The fraction of sp³-hybridized carbons (Fsp3) is 0.261. The van der Waals surface area contributed by atoms with E-state index < -0.39 is 0 Å². The number of carbonyl (C=O) groups is 1. The average molecular weight is 417 g/mol. The fourth-order valence-corrected chi connectivity index (χ4v) is 3.28. The van der Waals surface area contributed by atoms with Gasteiger partial charge in [0.1, 0.15) is 0 Å². The molecule has 1 N–H and O–H groups in total. The molecule has 0 saturated carbocycles. The molecular weight excluding hydrogens is 394 g/mol. The Bertz CT molecular complexity index is 1310. The van der Waals surface area contributed by atoms with Crippen molar-refractivity contribution < 1.29 is 9.32 Å². The summed E-state index contributed by atoms with van der Waals surface area (Å²) in [5.41, 5.74) is 2.63. The Balaban J connectivity index is 1.53. The van der Waals surface area contributed by atoms with Gasteiger partial charge < -0.3 is 9.84 Å². The number of aryl methyl sites for hydroxylation is 2. The van der Waals surface area contributed by atoms with Gasteiger partial charge in [0.2, 0.25) is 5.91 Å². The highest BCUT2D eigenvalue weighted by Crippen LogP contribution is 2.30. The molecule has 1 amide bonds. The number of rotatable bonds is 6. The molecule has 2 aromatic carbocycles. The second kappa shape index (κ2) is 8.51. The second-order valence-corrected chi connectivity index (χ2v) is 7.67. The smallest absolute Gasteiger partial charge is 0.261 e. The lowest BCUT2D eigenvalue weighted by Gasteiger charge is -2.12. The average Bonchev–Trinajstić information content (AvgIpc) is 3.25. The Morgan fingerprint density at radius 1 is 1.16 bits per heavy atom. The van der Waals surface area contributed by atoms with Crippen LogP contribution >= 0.6 is 0 Å². The van der Waals surface area contributed by atoms with E-state index in [9.17, 15) is 9.59 Å². The first kappa shape index (κ1) is 20.5. The lowest BCUT2D eigenvalue weighted by molar-refractivity contribution is -0.116. The largest absolute Gasteiger partial charge is 0.334 e. The first-order valence-corrected chi connectivity index (χ1v) is 10.1. The van der Waals surface area contributed by atoms with Crippen molar-refractivity contribution in [3.63, 3.8) is 0 Å². The SMILES string of the molecule is Cc1cccc(-c2nc(C(C)C)no2)c1NC(=O)CCn1cnc2ccccc2c1=O. The Kier molecular flexibility index (Phi) is 5.62. The van der Waals surface area contributed by atoms with Gasteiger partial charge in [-0.2, -0.15) is 4.98 Å². The number of amides is 1. The van der Waals surface area contributed by atoms with Crippen LogP contribution in [0.3, 0.4) is 0 Å². The van der Waals surface area contributed by atoms with E-state index >= 15 is 0 Å². The number of carbonyl (C=O) groups excluding carboxylic acids is 1. The van der Waals surface area contributed by atoms with Gasteiger partial charge in [-0.1, -0.05) is 43.3 Å². The lowest BCUT2D eigenvalue weighted by atomic mass is 10.1. The van der Waals surface area contributed by atoms with Gasteiger partial charge in [0.05, 0.1) is 28.5 Å². The summed E-state index contributed by atoms with van der Waals surface area (Å²) >= 11 is 0. The molecule has 0 aliphatic rings. The van der Waals surface area contributed by atoms with E-state index in [0.29, 0.717) is 33.9 Å². The van der Waals surface area contributed by atoms with Crippen LogP contribution in [0.2, 0.25) is 0 Å². The van der Waals surface area contributed by atoms with Crippen molar-refractivity contribution in [1.29, 1.82) is 0 Å². The van der Waals surface area contributed by atoms with Crippen molar-refractivity contribution >= 4 is 22.5 Å². The van der Waals surface area contributed by atoms with Crippen LogP contribution in [0.15, 0.2) is 58.1 Å². The Morgan fingerprint density at radius 3 is 2.74 bits per heavy atom. The quantitative estimate of drug-likeness (QED) is 0.510. The molecule has 8 nitrogen and oxygen atoms in total. The topological polar surface area (TPSA) is 103 Å². The highest BCUT2D eigenvalue weighted by atomic mass is 16.5. The molecule has 0 unspecified atom stereocenters. The summed E-state index contributed by atoms with van der Waals surface area (Å²) in [5.74, 6) is 0.878. The molecule has 0 aliphatic carbocycles. The summed E-state index contributed by atoms with van der Waals surface area (Å²) in [5, 5.41) is 7.48. The van der Waals surface area contributed by atoms with Crippen LogP contribution in [-0.4, -0.2) is 25.6 Å². The zero-order valence-electron chi connectivity index (χ0n) is 17.6. The van der Waals surface area contributed by atoms with Crippen molar-refractivity contribution in [2.75, 3.05) is 5.32 Å². The van der Waals surface area contributed by atoms with Crippen LogP contribution in [-0.2, 0) is 11.3 Å². The number of aromatic nitrogens is 4. The van der Waals surface area contributed by atoms with Crippen LogP contribution in [0, 0.1) is 6.92 Å². The molecule has 0 bridgehead atoms. The van der Waals surface area contributed by atoms with Crippen LogP contribution in [0.25, 0.3) is 22.4 Å². The number of fused-ring (bicyclic) bond motifs is 1. The molecule has 2 heterocycles. The first-order valence-electron chi connectivity index (χ1n) is 10.1. The molecule has 0 radical (unpaired) electrons. The molecule has 2 aromatic heterocycles. The van der Waals surface area contributed by atoms with Gasteiger partial charge in [-0.25, -0.2) is 4.98 Å². The molecular formula is C23H23N5O3. The number of hydrogen-bond acceptors (Lipinski definition) is 6. The highest BCUT2D eigenvalue weighted by Gasteiger charge is 2.18. The van der Waals surface area contributed by atoms with Gasteiger partial charge in [-0.15, -0.1) is 0 Å². The van der Waals surface area contributed by atoms with E-state index in [-0.39, 0.29) is 30.3 Å². The zero-order chi connectivity index (χ0) is 22.0. The maximum Gasteiger partial charge on any atom is 0.261 e. The molecule has 0 fully saturated rings. The van der Waals surface area contributed by atoms with E-state index in [4.69, 9.17) is 4.52 Å². The number of hydrogen-bond donors (Lipinski definition) is 1. The van der Waals surface area contributed by atoms with E-state index in [0.717, 1.165) is 5.56 Å². The minimum atomic E-state index is -0.223. The summed E-state index contributed by atoms with van der Waals surface area (Å²) in [7, 11) is 0. The maximum absolute atomic E-state index is 12.7. The summed E-state index contributed by atoms with van der Waals surface area (Å²) in [4.78, 5) is 34.0. The zero-order valence-corrected chi connectivity index (χ0v) is 17.6. The third kappa shape index (κ3) is 4.23. The molecule has 0 aliphatic heterocycles. The standard InChI is InChI=1S/C23H23N5O3/c1-14(2)21-26-22(31-27-21)17-9-6-7-15(3)20(17)25-19(29)11-12-28-13-24-18-10-5-4-8-16(18)23(28)30/h4-10,13-14H,11-12H2,1-3H3,(H,25,29). The summed E-state index contributed by atoms with van der Waals surface area (Å²) in [6.07, 6.45) is 1.60. The minimum absolute atomic E-state index is 0.120. The van der Waals surface area contributed by atoms with Crippen molar-refractivity contribution in [2.24, 2.45) is 0 Å². The van der Waals surface area contributed by atoms with Crippen LogP contribution in [0.5, 0.6) is 0 Å². The van der Waals surface area contributed by atoms with Crippen molar-refractivity contribution in [2.45, 2.75) is 39.7 Å². The molecule has 8 heteroatoms. The monoisotopic (exact) mass is 417 g/mol. The molecule has 0 spiro atoms. The van der Waals surface area contributed by atoms with Gasteiger partial charge in [0, 0.05) is 18.9 Å². The van der Waals surface area contributed by atoms with E-state index in [1.807, 2.05) is 45.0 Å². The van der Waals surface area contributed by atoms with E-state index in [2.05, 4.69) is 20.4 Å². The second-order valence-electron chi connectivity index (χ2n) is 7.67.